The zero-order valence-electron chi connectivity index (χ0n) is 20.3. The summed E-state index contributed by atoms with van der Waals surface area (Å²) in [7, 11) is 0. The van der Waals surface area contributed by atoms with Gasteiger partial charge in [-0.25, -0.2) is 4.98 Å². The number of carbonyl (C=O) groups excluding carboxylic acids is 1. The van der Waals surface area contributed by atoms with Crippen molar-refractivity contribution in [3.8, 4) is 0 Å². The molecule has 1 heterocycles. The number of aromatic nitrogens is 2. The van der Waals surface area contributed by atoms with Gasteiger partial charge in [-0.15, -0.1) is 0 Å². The first-order chi connectivity index (χ1) is 16.5. The molecular weight excluding hydrogens is 418 g/mol. The molecule has 1 atom stereocenters. The number of para-hydroxylation sites is 2. The number of nitrogens with zero attached hydrogens (tertiary/aromatic N) is 3. The second-order valence-corrected chi connectivity index (χ2v) is 9.99. The Kier molecular flexibility index (Phi) is 6.23. The van der Waals surface area contributed by atoms with Crippen LogP contribution in [0.5, 0.6) is 0 Å². The third-order valence-electron chi connectivity index (χ3n) is 6.81. The van der Waals surface area contributed by atoms with Crippen LogP contribution in [0, 0.1) is 18.8 Å². The number of rotatable bonds is 8. The van der Waals surface area contributed by atoms with E-state index in [0.717, 1.165) is 41.1 Å². The van der Waals surface area contributed by atoms with E-state index in [0.29, 0.717) is 5.92 Å². The average molecular weight is 452 g/mol. The van der Waals surface area contributed by atoms with E-state index in [-0.39, 0.29) is 17.9 Å². The smallest absolute Gasteiger partial charge is 0.254 e. The van der Waals surface area contributed by atoms with Crippen molar-refractivity contribution in [2.75, 3.05) is 6.54 Å². The van der Waals surface area contributed by atoms with Gasteiger partial charge in [0, 0.05) is 18.7 Å². The van der Waals surface area contributed by atoms with E-state index < -0.39 is 0 Å². The number of amides is 1. The molecule has 1 aliphatic rings. The second kappa shape index (κ2) is 9.46. The van der Waals surface area contributed by atoms with Crippen LogP contribution < -0.4 is 0 Å². The predicted octanol–water partition coefficient (Wildman–Crippen LogP) is 6.64. The van der Waals surface area contributed by atoms with Crippen molar-refractivity contribution in [1.82, 2.24) is 14.5 Å². The summed E-state index contributed by atoms with van der Waals surface area (Å²) >= 11 is 0. The molecule has 0 spiro atoms. The predicted molar refractivity (Wildman–Crippen MR) is 138 cm³/mol. The van der Waals surface area contributed by atoms with E-state index in [1.54, 1.807) is 0 Å². The van der Waals surface area contributed by atoms with Crippen molar-refractivity contribution in [2.24, 2.45) is 11.8 Å². The van der Waals surface area contributed by atoms with E-state index in [1.807, 2.05) is 36.4 Å². The third-order valence-corrected chi connectivity index (χ3v) is 6.81. The van der Waals surface area contributed by atoms with Crippen molar-refractivity contribution in [2.45, 2.75) is 46.2 Å². The van der Waals surface area contributed by atoms with Gasteiger partial charge in [0.15, 0.2) is 0 Å². The highest BCUT2D eigenvalue weighted by Gasteiger charge is 2.36. The quantitative estimate of drug-likeness (QED) is 0.301. The fourth-order valence-electron chi connectivity index (χ4n) is 4.81. The van der Waals surface area contributed by atoms with Crippen LogP contribution >= 0.6 is 0 Å². The minimum atomic E-state index is -0.106. The fraction of sp³-hybridized carbons (Fsp3) is 0.333. The number of hydrogen-bond acceptors (Lipinski definition) is 2. The van der Waals surface area contributed by atoms with Gasteiger partial charge in [0.25, 0.3) is 5.91 Å². The minimum absolute atomic E-state index is 0.101. The Balaban J connectivity index is 1.61. The Bertz CT molecular complexity index is 1270. The maximum Gasteiger partial charge on any atom is 0.254 e. The minimum Gasteiger partial charge on any atom is -0.328 e. The van der Waals surface area contributed by atoms with Crippen LogP contribution in [-0.2, 0) is 6.54 Å². The summed E-state index contributed by atoms with van der Waals surface area (Å²) in [5.74, 6) is 1.88. The van der Waals surface area contributed by atoms with Crippen LogP contribution in [0.2, 0.25) is 0 Å². The monoisotopic (exact) mass is 451 g/mol. The first-order valence-electron chi connectivity index (χ1n) is 12.4. The van der Waals surface area contributed by atoms with Crippen molar-refractivity contribution in [1.29, 1.82) is 0 Å². The lowest BCUT2D eigenvalue weighted by molar-refractivity contribution is 0.0593. The van der Waals surface area contributed by atoms with E-state index in [1.165, 1.54) is 18.4 Å². The van der Waals surface area contributed by atoms with Crippen LogP contribution in [0.1, 0.15) is 60.0 Å². The SMILES string of the molecule is Cc1ccc(C(=O)N(CC2CC2)[C@@H](c2nc3ccccc3n2Cc2ccccc2)C(C)C)cc1. The summed E-state index contributed by atoms with van der Waals surface area (Å²) in [4.78, 5) is 21.2. The molecule has 0 radical (unpaired) electrons. The zero-order chi connectivity index (χ0) is 23.7. The van der Waals surface area contributed by atoms with Crippen molar-refractivity contribution < 1.29 is 4.79 Å². The number of benzene rings is 3. The van der Waals surface area contributed by atoms with Gasteiger partial charge in [-0.3, -0.25) is 4.79 Å². The number of fused-ring (bicyclic) bond motifs is 1. The standard InChI is InChI=1S/C30H33N3O/c1-21(2)28(33(20-24-15-16-24)30(34)25-17-13-22(3)14-18-25)29-31-26-11-7-8-12-27(26)32(29)19-23-9-5-4-6-10-23/h4-14,17-18,21,24,28H,15-16,19-20H2,1-3H3/t28-/m1/s1. The number of hydrogen-bond donors (Lipinski definition) is 0. The largest absolute Gasteiger partial charge is 0.328 e. The summed E-state index contributed by atoms with van der Waals surface area (Å²) in [5.41, 5.74) is 5.24. The number of aryl methyl sites for hydroxylation is 1. The number of imidazole rings is 1. The Morgan fingerprint density at radius 2 is 1.65 bits per heavy atom. The molecule has 1 aliphatic carbocycles. The van der Waals surface area contributed by atoms with Crippen LogP contribution in [0.3, 0.4) is 0 Å². The third kappa shape index (κ3) is 4.63. The molecule has 5 rings (SSSR count). The highest BCUT2D eigenvalue weighted by atomic mass is 16.2. The Morgan fingerprint density at radius 3 is 2.32 bits per heavy atom. The van der Waals surface area contributed by atoms with Gasteiger partial charge in [-0.1, -0.05) is 74.0 Å². The zero-order valence-corrected chi connectivity index (χ0v) is 20.3. The van der Waals surface area contributed by atoms with Gasteiger partial charge in [-0.2, -0.15) is 0 Å². The fourth-order valence-corrected chi connectivity index (χ4v) is 4.81. The topological polar surface area (TPSA) is 38.1 Å². The molecule has 4 heteroatoms. The van der Waals surface area contributed by atoms with Gasteiger partial charge < -0.3 is 9.47 Å². The molecule has 0 bridgehead atoms. The molecule has 1 aromatic heterocycles. The summed E-state index contributed by atoms with van der Waals surface area (Å²) < 4.78 is 2.32. The van der Waals surface area contributed by atoms with Crippen molar-refractivity contribution >= 4 is 16.9 Å². The lowest BCUT2D eigenvalue weighted by Gasteiger charge is -2.35. The second-order valence-electron chi connectivity index (χ2n) is 9.99. The molecule has 4 nitrogen and oxygen atoms in total. The molecule has 0 N–H and O–H groups in total. The molecule has 0 aliphatic heterocycles. The van der Waals surface area contributed by atoms with E-state index in [9.17, 15) is 4.79 Å². The van der Waals surface area contributed by atoms with Crippen molar-refractivity contribution in [3.05, 3.63) is 101 Å². The molecule has 1 amide bonds. The molecule has 1 saturated carbocycles. The van der Waals surface area contributed by atoms with Gasteiger partial charge in [0.05, 0.1) is 17.1 Å². The highest BCUT2D eigenvalue weighted by Crippen LogP contribution is 2.37. The summed E-state index contributed by atoms with van der Waals surface area (Å²) in [6.45, 7) is 7.98. The van der Waals surface area contributed by atoms with Gasteiger partial charge >= 0.3 is 0 Å². The summed E-state index contributed by atoms with van der Waals surface area (Å²) in [5, 5.41) is 0. The van der Waals surface area contributed by atoms with Crippen LogP contribution in [0.4, 0.5) is 0 Å². The first-order valence-corrected chi connectivity index (χ1v) is 12.4. The Labute approximate surface area is 202 Å². The molecule has 0 saturated heterocycles. The molecule has 1 fully saturated rings. The molecule has 174 valence electrons. The lowest BCUT2D eigenvalue weighted by Crippen LogP contribution is -2.40. The van der Waals surface area contributed by atoms with E-state index in [2.05, 4.69) is 72.7 Å². The molecule has 4 aromatic rings. The highest BCUT2D eigenvalue weighted by molar-refractivity contribution is 5.94. The van der Waals surface area contributed by atoms with Gasteiger partial charge in [-0.05, 0) is 61.4 Å². The molecule has 0 unspecified atom stereocenters. The lowest BCUT2D eigenvalue weighted by atomic mass is 9.99. The normalized spacial score (nSPS) is 14.5. The van der Waals surface area contributed by atoms with Crippen LogP contribution in [0.15, 0.2) is 78.9 Å². The van der Waals surface area contributed by atoms with Crippen LogP contribution in [0.25, 0.3) is 11.0 Å². The Hall–Kier alpha value is -3.40. The average Bonchev–Trinajstić information content (AvgIpc) is 3.60. The maximum atomic E-state index is 13.9. The molecule has 34 heavy (non-hydrogen) atoms. The van der Waals surface area contributed by atoms with Gasteiger partial charge in [0.2, 0.25) is 0 Å². The van der Waals surface area contributed by atoms with E-state index >= 15 is 0 Å². The maximum absolute atomic E-state index is 13.9. The number of carbonyl (C=O) groups is 1. The van der Waals surface area contributed by atoms with E-state index in [4.69, 9.17) is 4.98 Å². The first kappa shape index (κ1) is 22.4. The molecular formula is C30H33N3O. The van der Waals surface area contributed by atoms with Crippen molar-refractivity contribution in [3.63, 3.8) is 0 Å². The summed E-state index contributed by atoms with van der Waals surface area (Å²) in [6, 6.07) is 26.7. The van der Waals surface area contributed by atoms with Gasteiger partial charge in [0.1, 0.15) is 5.82 Å². The van der Waals surface area contributed by atoms with Crippen LogP contribution in [-0.4, -0.2) is 26.9 Å². The summed E-state index contributed by atoms with van der Waals surface area (Å²) in [6.07, 6.45) is 2.39. The molecule has 3 aromatic carbocycles. The Morgan fingerprint density at radius 1 is 0.971 bits per heavy atom.